The van der Waals surface area contributed by atoms with E-state index in [0.717, 1.165) is 0 Å². The topological polar surface area (TPSA) is 87.7 Å². The molecule has 6 nitrogen and oxygen atoms in total. The van der Waals surface area contributed by atoms with Crippen molar-refractivity contribution in [2.24, 2.45) is 0 Å². The highest BCUT2D eigenvalue weighted by Crippen LogP contribution is 2.33. The smallest absolute Gasteiger partial charge is 0.255 e. The summed E-state index contributed by atoms with van der Waals surface area (Å²) >= 11 is 5.77. The number of anilines is 1. The van der Waals surface area contributed by atoms with Gasteiger partial charge in [-0.15, -0.1) is 0 Å². The van der Waals surface area contributed by atoms with Gasteiger partial charge in [0.25, 0.3) is 5.91 Å². The molecule has 2 aromatic rings. The van der Waals surface area contributed by atoms with Crippen molar-refractivity contribution < 1.29 is 24.2 Å². The number of nitrogens with one attached hydrogen (secondary N) is 1. The minimum absolute atomic E-state index is 0.0441. The fraction of sp³-hybridized carbons (Fsp3) is 0.125. The zero-order valence-corrected chi connectivity index (χ0v) is 13.1. The molecule has 0 unspecified atom stereocenters. The molecule has 0 saturated heterocycles. The monoisotopic (exact) mass is 334 g/mol. The van der Waals surface area contributed by atoms with Crippen molar-refractivity contribution in [3.05, 3.63) is 52.5 Å². The van der Waals surface area contributed by atoms with Gasteiger partial charge in [0.1, 0.15) is 0 Å². The molecule has 0 spiro atoms. The van der Waals surface area contributed by atoms with Crippen LogP contribution in [0.5, 0.6) is 11.5 Å². The van der Waals surface area contributed by atoms with E-state index in [-0.39, 0.29) is 22.7 Å². The summed E-state index contributed by atoms with van der Waals surface area (Å²) in [6, 6.07) is 8.76. The number of benzene rings is 2. The lowest BCUT2D eigenvalue weighted by Crippen LogP contribution is -2.25. The Morgan fingerprint density at radius 1 is 1.04 bits per heavy atom. The van der Waals surface area contributed by atoms with Crippen LogP contribution in [0.15, 0.2) is 36.4 Å². The Kier molecular flexibility index (Phi) is 5.08. The van der Waals surface area contributed by atoms with Crippen LogP contribution in [-0.4, -0.2) is 26.1 Å². The Balaban J connectivity index is 2.39. The van der Waals surface area contributed by atoms with Crippen molar-refractivity contribution in [3.63, 3.8) is 0 Å². The second-order valence-corrected chi connectivity index (χ2v) is 4.94. The van der Waals surface area contributed by atoms with Gasteiger partial charge in [0.05, 0.1) is 25.9 Å². The lowest BCUT2D eigenvalue weighted by Gasteiger charge is -2.16. The molecule has 1 N–H and O–H groups in total. The summed E-state index contributed by atoms with van der Waals surface area (Å²) in [5, 5.41) is 14.3. The Labute approximate surface area is 137 Å². The van der Waals surface area contributed by atoms with Crippen molar-refractivity contribution in [1.82, 2.24) is 0 Å². The second kappa shape index (κ2) is 7.02. The largest absolute Gasteiger partial charge is 0.545 e. The molecule has 0 atom stereocenters. The van der Waals surface area contributed by atoms with Gasteiger partial charge in [-0.2, -0.15) is 0 Å². The van der Waals surface area contributed by atoms with Crippen LogP contribution in [-0.2, 0) is 0 Å². The number of ether oxygens (including phenoxy) is 2. The van der Waals surface area contributed by atoms with E-state index in [0.29, 0.717) is 10.6 Å². The molecule has 0 radical (unpaired) electrons. The molecular formula is C16H13ClNO5-. The molecule has 0 heterocycles. The highest BCUT2D eigenvalue weighted by Gasteiger charge is 2.15. The molecule has 0 bridgehead atoms. The Hall–Kier alpha value is -2.73. The van der Waals surface area contributed by atoms with E-state index in [1.54, 1.807) is 12.1 Å². The summed E-state index contributed by atoms with van der Waals surface area (Å²) in [7, 11) is 2.78. The van der Waals surface area contributed by atoms with Crippen molar-refractivity contribution in [2.75, 3.05) is 19.5 Å². The van der Waals surface area contributed by atoms with E-state index in [1.807, 2.05) is 0 Å². The third-order valence-corrected chi connectivity index (χ3v) is 3.35. The number of carbonyl (C=O) groups is 2. The summed E-state index contributed by atoms with van der Waals surface area (Å²) in [5.74, 6) is -1.44. The first-order chi connectivity index (χ1) is 11.0. The molecule has 7 heteroatoms. The summed E-state index contributed by atoms with van der Waals surface area (Å²) in [4.78, 5) is 23.5. The SMILES string of the molecule is COc1cc(NC(=O)c2ccc(Cl)cc2)c(C(=O)[O-])cc1OC. The number of hydrogen-bond acceptors (Lipinski definition) is 5. The quantitative estimate of drug-likeness (QED) is 0.903. The predicted molar refractivity (Wildman–Crippen MR) is 83.3 cm³/mol. The van der Waals surface area contributed by atoms with Gasteiger partial charge in [0, 0.05) is 22.2 Å². The number of carbonyl (C=O) groups excluding carboxylic acids is 2. The Bertz CT molecular complexity index is 743. The molecule has 0 fully saturated rings. The van der Waals surface area contributed by atoms with Crippen LogP contribution in [0.4, 0.5) is 5.69 Å². The Morgan fingerprint density at radius 2 is 1.61 bits per heavy atom. The van der Waals surface area contributed by atoms with Crippen molar-refractivity contribution in [2.45, 2.75) is 0 Å². The van der Waals surface area contributed by atoms with Crippen LogP contribution >= 0.6 is 11.6 Å². The number of aromatic carboxylic acids is 1. The van der Waals surface area contributed by atoms with Crippen LogP contribution < -0.4 is 19.9 Å². The normalized spacial score (nSPS) is 10.0. The molecule has 23 heavy (non-hydrogen) atoms. The lowest BCUT2D eigenvalue weighted by atomic mass is 10.1. The molecule has 0 aliphatic heterocycles. The van der Waals surface area contributed by atoms with E-state index in [4.69, 9.17) is 21.1 Å². The van der Waals surface area contributed by atoms with Crippen molar-refractivity contribution >= 4 is 29.2 Å². The number of hydrogen-bond donors (Lipinski definition) is 1. The van der Waals surface area contributed by atoms with E-state index in [1.165, 1.54) is 38.5 Å². The zero-order chi connectivity index (χ0) is 17.0. The van der Waals surface area contributed by atoms with Gasteiger partial charge in [-0.05, 0) is 30.3 Å². The van der Waals surface area contributed by atoms with Crippen LogP contribution in [0.2, 0.25) is 5.02 Å². The number of rotatable bonds is 5. The van der Waals surface area contributed by atoms with Crippen molar-refractivity contribution in [1.29, 1.82) is 0 Å². The van der Waals surface area contributed by atoms with Gasteiger partial charge < -0.3 is 24.7 Å². The van der Waals surface area contributed by atoms with E-state index >= 15 is 0 Å². The van der Waals surface area contributed by atoms with Crippen LogP contribution in [0.3, 0.4) is 0 Å². The number of halogens is 1. The minimum atomic E-state index is -1.45. The molecule has 1 amide bonds. The van der Waals surface area contributed by atoms with Gasteiger partial charge in [-0.3, -0.25) is 4.79 Å². The molecule has 0 aliphatic rings. The zero-order valence-electron chi connectivity index (χ0n) is 12.4. The minimum Gasteiger partial charge on any atom is -0.545 e. The maximum absolute atomic E-state index is 12.2. The first-order valence-electron chi connectivity index (χ1n) is 6.50. The third kappa shape index (κ3) is 3.73. The highest BCUT2D eigenvalue weighted by molar-refractivity contribution is 6.30. The molecule has 0 aromatic heterocycles. The molecule has 120 valence electrons. The van der Waals surface area contributed by atoms with Crippen LogP contribution in [0.25, 0.3) is 0 Å². The maximum Gasteiger partial charge on any atom is 0.255 e. The number of carboxylic acid groups (broad SMARTS) is 1. The average molecular weight is 335 g/mol. The van der Waals surface area contributed by atoms with Crippen molar-refractivity contribution in [3.8, 4) is 11.5 Å². The lowest BCUT2D eigenvalue weighted by molar-refractivity contribution is -0.254. The van der Waals surface area contributed by atoms with Crippen LogP contribution in [0.1, 0.15) is 20.7 Å². The van der Waals surface area contributed by atoms with Crippen LogP contribution in [0, 0.1) is 0 Å². The summed E-state index contributed by atoms with van der Waals surface area (Å²) < 4.78 is 10.1. The molecule has 0 aliphatic carbocycles. The highest BCUT2D eigenvalue weighted by atomic mass is 35.5. The fourth-order valence-corrected chi connectivity index (χ4v) is 2.07. The van der Waals surface area contributed by atoms with E-state index in [2.05, 4.69) is 5.32 Å². The first kappa shape index (κ1) is 16.6. The molecular weight excluding hydrogens is 322 g/mol. The van der Waals surface area contributed by atoms with Gasteiger partial charge in [0.15, 0.2) is 11.5 Å². The maximum atomic E-state index is 12.2. The number of carboxylic acids is 1. The first-order valence-corrected chi connectivity index (χ1v) is 6.88. The predicted octanol–water partition coefficient (Wildman–Crippen LogP) is 1.97. The standard InChI is InChI=1S/C16H14ClNO5/c1-22-13-7-11(16(20)21)12(8-14(13)23-2)18-15(19)9-3-5-10(17)6-4-9/h3-8H,1-2H3,(H,18,19)(H,20,21)/p-1. The number of amides is 1. The average Bonchev–Trinajstić information content (AvgIpc) is 2.54. The third-order valence-electron chi connectivity index (χ3n) is 3.10. The molecule has 2 aromatic carbocycles. The van der Waals surface area contributed by atoms with Gasteiger partial charge in [-0.1, -0.05) is 11.6 Å². The molecule has 2 rings (SSSR count). The van der Waals surface area contributed by atoms with E-state index in [9.17, 15) is 14.7 Å². The van der Waals surface area contributed by atoms with Gasteiger partial charge in [0.2, 0.25) is 0 Å². The summed E-state index contributed by atoms with van der Waals surface area (Å²) in [6.07, 6.45) is 0. The van der Waals surface area contributed by atoms with Gasteiger partial charge in [-0.25, -0.2) is 0 Å². The summed E-state index contributed by atoms with van der Waals surface area (Å²) in [6.45, 7) is 0. The Morgan fingerprint density at radius 3 is 2.13 bits per heavy atom. The summed E-state index contributed by atoms with van der Waals surface area (Å²) in [5.41, 5.74) is 0.154. The molecule has 0 saturated carbocycles. The second-order valence-electron chi connectivity index (χ2n) is 4.50. The number of methoxy groups -OCH3 is 2. The fourth-order valence-electron chi connectivity index (χ4n) is 1.95. The van der Waals surface area contributed by atoms with Gasteiger partial charge >= 0.3 is 0 Å². The van der Waals surface area contributed by atoms with E-state index < -0.39 is 11.9 Å².